The van der Waals surface area contributed by atoms with E-state index in [0.717, 1.165) is 48.9 Å². The molecule has 0 aromatic carbocycles. The van der Waals surface area contributed by atoms with Crippen LogP contribution in [-0.2, 0) is 9.53 Å². The Bertz CT molecular complexity index is 791. The van der Waals surface area contributed by atoms with Gasteiger partial charge in [-0.3, -0.25) is 9.78 Å². The number of hydrogen-bond donors (Lipinski definition) is 1. The standard InChI is InChI=1S/C21H26N4O3/c26-20(10-21(27)6-2-1-3-7-21)25-8-9-28-19(14-25)18-5-4-16(13-24-18)17-11-22-15-23-12-17/h4-5,11-13,15,19,27H,1-3,6-10,14H2/t19-/m0/s1. The largest absolute Gasteiger partial charge is 0.389 e. The molecule has 7 nitrogen and oxygen atoms in total. The van der Waals surface area contributed by atoms with Crippen molar-refractivity contribution in [2.75, 3.05) is 19.7 Å². The Labute approximate surface area is 164 Å². The lowest BCUT2D eigenvalue weighted by molar-refractivity contribution is -0.145. The van der Waals surface area contributed by atoms with Gasteiger partial charge >= 0.3 is 0 Å². The van der Waals surface area contributed by atoms with Crippen LogP contribution in [0.5, 0.6) is 0 Å². The van der Waals surface area contributed by atoms with Gasteiger partial charge in [0.1, 0.15) is 12.4 Å². The van der Waals surface area contributed by atoms with Crippen molar-refractivity contribution in [1.82, 2.24) is 19.9 Å². The molecule has 2 aromatic heterocycles. The predicted molar refractivity (Wildman–Crippen MR) is 103 cm³/mol. The van der Waals surface area contributed by atoms with Crippen LogP contribution in [0.4, 0.5) is 0 Å². The number of carbonyl (C=O) groups excluding carboxylic acids is 1. The summed E-state index contributed by atoms with van der Waals surface area (Å²) < 4.78 is 5.86. The van der Waals surface area contributed by atoms with Gasteiger partial charge in [-0.1, -0.05) is 25.3 Å². The number of rotatable bonds is 4. The van der Waals surface area contributed by atoms with Gasteiger partial charge in [-0.15, -0.1) is 0 Å². The van der Waals surface area contributed by atoms with E-state index in [2.05, 4.69) is 15.0 Å². The summed E-state index contributed by atoms with van der Waals surface area (Å²) in [6, 6.07) is 3.89. The van der Waals surface area contributed by atoms with Crippen molar-refractivity contribution in [1.29, 1.82) is 0 Å². The van der Waals surface area contributed by atoms with Crippen LogP contribution in [0, 0.1) is 0 Å². The van der Waals surface area contributed by atoms with Crippen molar-refractivity contribution in [3.63, 3.8) is 0 Å². The second-order valence-electron chi connectivity index (χ2n) is 7.76. The second kappa shape index (κ2) is 8.32. The first kappa shape index (κ1) is 19.0. The van der Waals surface area contributed by atoms with Crippen molar-refractivity contribution in [3.05, 3.63) is 42.7 Å². The summed E-state index contributed by atoms with van der Waals surface area (Å²) in [5.41, 5.74) is 1.81. The molecular weight excluding hydrogens is 356 g/mol. The molecule has 2 fully saturated rings. The van der Waals surface area contributed by atoms with E-state index in [1.165, 1.54) is 6.33 Å². The van der Waals surface area contributed by atoms with Crippen LogP contribution < -0.4 is 0 Å². The third-order valence-electron chi connectivity index (χ3n) is 5.69. The average molecular weight is 382 g/mol. The Morgan fingerprint density at radius 3 is 2.64 bits per heavy atom. The molecule has 2 aromatic rings. The van der Waals surface area contributed by atoms with Crippen LogP contribution in [0.2, 0.25) is 0 Å². The van der Waals surface area contributed by atoms with Crippen molar-refractivity contribution in [2.24, 2.45) is 0 Å². The minimum Gasteiger partial charge on any atom is -0.389 e. The molecule has 148 valence electrons. The molecule has 7 heteroatoms. The Morgan fingerprint density at radius 1 is 1.14 bits per heavy atom. The van der Waals surface area contributed by atoms with Gasteiger partial charge in [0.05, 0.1) is 30.9 Å². The highest BCUT2D eigenvalue weighted by atomic mass is 16.5. The number of ether oxygens (including phenoxy) is 1. The lowest BCUT2D eigenvalue weighted by Crippen LogP contribution is -2.46. The van der Waals surface area contributed by atoms with Crippen LogP contribution in [0.15, 0.2) is 37.1 Å². The van der Waals surface area contributed by atoms with Crippen molar-refractivity contribution in [2.45, 2.75) is 50.2 Å². The first-order valence-corrected chi connectivity index (χ1v) is 9.96. The second-order valence-corrected chi connectivity index (χ2v) is 7.76. The monoisotopic (exact) mass is 382 g/mol. The smallest absolute Gasteiger partial charge is 0.225 e. The molecule has 1 N–H and O–H groups in total. The maximum absolute atomic E-state index is 12.8. The van der Waals surface area contributed by atoms with E-state index in [0.29, 0.717) is 19.7 Å². The van der Waals surface area contributed by atoms with Gasteiger partial charge in [0, 0.05) is 36.3 Å². The average Bonchev–Trinajstić information content (AvgIpc) is 2.75. The Kier molecular flexibility index (Phi) is 5.64. The van der Waals surface area contributed by atoms with Gasteiger partial charge in [-0.2, -0.15) is 0 Å². The minimum absolute atomic E-state index is 0.00996. The highest BCUT2D eigenvalue weighted by Gasteiger charge is 2.35. The van der Waals surface area contributed by atoms with E-state index < -0.39 is 5.60 Å². The van der Waals surface area contributed by atoms with Crippen molar-refractivity contribution < 1.29 is 14.6 Å². The number of nitrogens with zero attached hydrogens (tertiary/aromatic N) is 4. The van der Waals surface area contributed by atoms with Crippen molar-refractivity contribution in [3.8, 4) is 11.1 Å². The summed E-state index contributed by atoms with van der Waals surface area (Å²) in [4.78, 5) is 27.2. The summed E-state index contributed by atoms with van der Waals surface area (Å²) in [7, 11) is 0. The fraction of sp³-hybridized carbons (Fsp3) is 0.524. The lowest BCUT2D eigenvalue weighted by Gasteiger charge is -2.37. The van der Waals surface area contributed by atoms with E-state index >= 15 is 0 Å². The summed E-state index contributed by atoms with van der Waals surface area (Å²) in [6.45, 7) is 1.51. The molecule has 1 aliphatic heterocycles. The Morgan fingerprint density at radius 2 is 1.93 bits per heavy atom. The number of aliphatic hydroxyl groups is 1. The third kappa shape index (κ3) is 4.36. The number of morpholine rings is 1. The Balaban J connectivity index is 1.40. The van der Waals surface area contributed by atoms with E-state index in [1.54, 1.807) is 23.5 Å². The zero-order valence-electron chi connectivity index (χ0n) is 16.0. The molecular formula is C21H26N4O3. The van der Waals surface area contributed by atoms with Gasteiger partial charge in [-0.05, 0) is 18.9 Å². The lowest BCUT2D eigenvalue weighted by atomic mass is 9.82. The molecule has 0 spiro atoms. The van der Waals surface area contributed by atoms with Crippen LogP contribution in [0.25, 0.3) is 11.1 Å². The molecule has 28 heavy (non-hydrogen) atoms. The highest BCUT2D eigenvalue weighted by molar-refractivity contribution is 5.77. The predicted octanol–water partition coefficient (Wildman–Crippen LogP) is 2.52. The van der Waals surface area contributed by atoms with Crippen LogP contribution >= 0.6 is 0 Å². The normalized spacial score (nSPS) is 22.0. The van der Waals surface area contributed by atoms with Gasteiger partial charge in [-0.25, -0.2) is 9.97 Å². The van der Waals surface area contributed by atoms with Gasteiger partial charge in [0.25, 0.3) is 0 Å². The van der Waals surface area contributed by atoms with Gasteiger partial charge < -0.3 is 14.7 Å². The van der Waals surface area contributed by atoms with Gasteiger partial charge in [0.2, 0.25) is 5.91 Å². The van der Waals surface area contributed by atoms with Gasteiger partial charge in [0.15, 0.2) is 0 Å². The molecule has 4 rings (SSSR count). The molecule has 0 radical (unpaired) electrons. The van der Waals surface area contributed by atoms with E-state index in [1.807, 2.05) is 12.1 Å². The topological polar surface area (TPSA) is 88.4 Å². The molecule has 2 aliphatic rings. The molecule has 3 heterocycles. The third-order valence-corrected chi connectivity index (χ3v) is 5.69. The fourth-order valence-corrected chi connectivity index (χ4v) is 4.05. The number of aromatic nitrogens is 3. The Hall–Kier alpha value is -2.38. The van der Waals surface area contributed by atoms with E-state index in [4.69, 9.17) is 4.74 Å². The zero-order valence-corrected chi connectivity index (χ0v) is 16.0. The molecule has 1 saturated heterocycles. The maximum atomic E-state index is 12.8. The molecule has 1 amide bonds. The fourth-order valence-electron chi connectivity index (χ4n) is 4.05. The number of pyridine rings is 1. The number of carbonyl (C=O) groups is 1. The SMILES string of the molecule is O=C(CC1(O)CCCCC1)N1CCO[C@H](c2ccc(-c3cncnc3)cn2)C1. The van der Waals surface area contributed by atoms with E-state index in [9.17, 15) is 9.90 Å². The summed E-state index contributed by atoms with van der Waals surface area (Å²) in [6.07, 6.45) is 11.3. The zero-order chi connectivity index (χ0) is 19.4. The minimum atomic E-state index is -0.833. The number of amides is 1. The van der Waals surface area contributed by atoms with Crippen molar-refractivity contribution >= 4 is 5.91 Å². The molecule has 0 unspecified atom stereocenters. The molecule has 0 bridgehead atoms. The highest BCUT2D eigenvalue weighted by Crippen LogP contribution is 2.32. The first-order valence-electron chi connectivity index (χ1n) is 9.96. The summed E-state index contributed by atoms with van der Waals surface area (Å²) in [5, 5.41) is 10.7. The van der Waals surface area contributed by atoms with Crippen LogP contribution in [0.3, 0.4) is 0 Å². The quantitative estimate of drug-likeness (QED) is 0.874. The van der Waals surface area contributed by atoms with Crippen LogP contribution in [-0.4, -0.2) is 56.2 Å². The molecule has 1 aliphatic carbocycles. The number of hydrogen-bond acceptors (Lipinski definition) is 6. The first-order chi connectivity index (χ1) is 13.6. The maximum Gasteiger partial charge on any atom is 0.225 e. The summed E-state index contributed by atoms with van der Waals surface area (Å²) >= 11 is 0. The summed E-state index contributed by atoms with van der Waals surface area (Å²) in [5.74, 6) is 0.00996. The van der Waals surface area contributed by atoms with Crippen LogP contribution in [0.1, 0.15) is 50.3 Å². The molecule has 1 saturated carbocycles. The van der Waals surface area contributed by atoms with E-state index in [-0.39, 0.29) is 18.4 Å². The molecule has 1 atom stereocenters.